The molecule has 2 aromatic rings. The lowest BCUT2D eigenvalue weighted by Crippen LogP contribution is -2.18. The Labute approximate surface area is 117 Å². The molecule has 19 heavy (non-hydrogen) atoms. The summed E-state index contributed by atoms with van der Waals surface area (Å²) in [6.07, 6.45) is 1.06. The molecule has 2 rings (SSSR count). The van der Waals surface area contributed by atoms with Crippen molar-refractivity contribution >= 4 is 11.6 Å². The summed E-state index contributed by atoms with van der Waals surface area (Å²) in [6.45, 7) is 5.05. The maximum atomic E-state index is 13.8. The van der Waals surface area contributed by atoms with E-state index < -0.39 is 0 Å². The van der Waals surface area contributed by atoms with Crippen LogP contribution in [-0.4, -0.2) is 6.54 Å². The number of nitrogens with one attached hydrogen (secondary N) is 1. The number of halogens is 2. The quantitative estimate of drug-likeness (QED) is 0.851. The van der Waals surface area contributed by atoms with Gasteiger partial charge in [-0.05, 0) is 50.2 Å². The number of hydrogen-bond acceptors (Lipinski definition) is 2. The molecule has 0 aliphatic carbocycles. The molecule has 1 aromatic carbocycles. The Hall–Kier alpha value is -1.32. The summed E-state index contributed by atoms with van der Waals surface area (Å²) in [6, 6.07) is 8.34. The largest absolute Gasteiger partial charge is 0.459 e. The normalized spacial score (nSPS) is 12.6. The molecule has 0 radical (unpaired) electrons. The summed E-state index contributed by atoms with van der Waals surface area (Å²) in [5.41, 5.74) is 0.429. The van der Waals surface area contributed by atoms with Crippen molar-refractivity contribution in [1.29, 1.82) is 0 Å². The third-order valence-corrected chi connectivity index (χ3v) is 3.19. The van der Waals surface area contributed by atoms with Crippen molar-refractivity contribution in [2.75, 3.05) is 6.54 Å². The molecule has 102 valence electrons. The molecule has 2 nitrogen and oxygen atoms in total. The first-order valence-electron chi connectivity index (χ1n) is 6.40. The lowest BCUT2D eigenvalue weighted by molar-refractivity contribution is 0.437. The van der Waals surface area contributed by atoms with E-state index in [0.717, 1.165) is 18.7 Å². The van der Waals surface area contributed by atoms with Crippen molar-refractivity contribution in [1.82, 2.24) is 5.32 Å². The van der Waals surface area contributed by atoms with Crippen molar-refractivity contribution in [2.45, 2.75) is 26.3 Å². The van der Waals surface area contributed by atoms with Crippen LogP contribution >= 0.6 is 11.6 Å². The number of benzene rings is 1. The third-order valence-electron chi connectivity index (χ3n) is 2.95. The van der Waals surface area contributed by atoms with Crippen LogP contribution in [0.4, 0.5) is 4.39 Å². The van der Waals surface area contributed by atoms with Gasteiger partial charge in [-0.1, -0.05) is 18.5 Å². The van der Waals surface area contributed by atoms with Gasteiger partial charge >= 0.3 is 0 Å². The van der Waals surface area contributed by atoms with Crippen molar-refractivity contribution in [2.24, 2.45) is 0 Å². The van der Waals surface area contributed by atoms with E-state index in [-0.39, 0.29) is 11.9 Å². The van der Waals surface area contributed by atoms with E-state index in [2.05, 4.69) is 12.2 Å². The lowest BCUT2D eigenvalue weighted by atomic mass is 10.1. The highest BCUT2D eigenvalue weighted by molar-refractivity contribution is 6.30. The highest BCUT2D eigenvalue weighted by atomic mass is 35.5. The van der Waals surface area contributed by atoms with E-state index in [4.69, 9.17) is 16.0 Å². The SMILES string of the molecule is CCCNC(C)c1ccc(-c2ccc(Cl)cc2F)o1. The zero-order valence-corrected chi connectivity index (χ0v) is 11.8. The van der Waals surface area contributed by atoms with Gasteiger partial charge in [0.05, 0.1) is 11.6 Å². The number of hydrogen-bond donors (Lipinski definition) is 1. The molecule has 0 aliphatic heterocycles. The van der Waals surface area contributed by atoms with E-state index in [0.29, 0.717) is 16.3 Å². The second-order valence-electron chi connectivity index (χ2n) is 4.50. The van der Waals surface area contributed by atoms with Crippen molar-refractivity contribution in [3.63, 3.8) is 0 Å². The minimum Gasteiger partial charge on any atom is -0.459 e. The van der Waals surface area contributed by atoms with Gasteiger partial charge in [0.2, 0.25) is 0 Å². The molecule has 1 N–H and O–H groups in total. The van der Waals surface area contributed by atoms with Gasteiger partial charge in [-0.3, -0.25) is 0 Å². The molecule has 1 unspecified atom stereocenters. The van der Waals surface area contributed by atoms with Gasteiger partial charge in [0.25, 0.3) is 0 Å². The molecule has 1 aromatic heterocycles. The Morgan fingerprint density at radius 1 is 1.32 bits per heavy atom. The lowest BCUT2D eigenvalue weighted by Gasteiger charge is -2.09. The molecule has 1 heterocycles. The monoisotopic (exact) mass is 281 g/mol. The second kappa shape index (κ2) is 6.22. The highest BCUT2D eigenvalue weighted by Gasteiger charge is 2.13. The second-order valence-corrected chi connectivity index (χ2v) is 4.94. The van der Waals surface area contributed by atoms with Crippen LogP contribution in [0.15, 0.2) is 34.7 Å². The van der Waals surface area contributed by atoms with Crippen LogP contribution in [0.5, 0.6) is 0 Å². The van der Waals surface area contributed by atoms with Crippen LogP contribution < -0.4 is 5.32 Å². The Morgan fingerprint density at radius 3 is 2.79 bits per heavy atom. The van der Waals surface area contributed by atoms with Crippen LogP contribution in [0.3, 0.4) is 0 Å². The molecule has 0 amide bonds. The van der Waals surface area contributed by atoms with E-state index in [1.165, 1.54) is 6.07 Å². The first-order chi connectivity index (χ1) is 9.11. The van der Waals surface area contributed by atoms with Gasteiger partial charge in [-0.2, -0.15) is 0 Å². The fourth-order valence-electron chi connectivity index (χ4n) is 1.88. The maximum absolute atomic E-state index is 13.8. The van der Waals surface area contributed by atoms with Crippen LogP contribution in [0.25, 0.3) is 11.3 Å². The molecule has 4 heteroatoms. The molecular weight excluding hydrogens is 265 g/mol. The van der Waals surface area contributed by atoms with Gasteiger partial charge in [0, 0.05) is 5.02 Å². The van der Waals surface area contributed by atoms with Gasteiger partial charge < -0.3 is 9.73 Å². The topological polar surface area (TPSA) is 25.2 Å². The van der Waals surface area contributed by atoms with E-state index >= 15 is 0 Å². The smallest absolute Gasteiger partial charge is 0.137 e. The van der Waals surface area contributed by atoms with Crippen LogP contribution in [-0.2, 0) is 0 Å². The van der Waals surface area contributed by atoms with Crippen LogP contribution in [0, 0.1) is 5.82 Å². The van der Waals surface area contributed by atoms with Gasteiger partial charge in [-0.25, -0.2) is 4.39 Å². The van der Waals surface area contributed by atoms with Crippen LogP contribution in [0.1, 0.15) is 32.1 Å². The Kier molecular flexibility index (Phi) is 4.61. The summed E-state index contributed by atoms with van der Waals surface area (Å²) < 4.78 is 19.5. The molecule has 0 saturated heterocycles. The average Bonchev–Trinajstić information content (AvgIpc) is 2.85. The average molecular weight is 282 g/mol. The molecule has 1 atom stereocenters. The predicted molar refractivity (Wildman–Crippen MR) is 75.8 cm³/mol. The Morgan fingerprint density at radius 2 is 2.11 bits per heavy atom. The first-order valence-corrected chi connectivity index (χ1v) is 6.78. The summed E-state index contributed by atoms with van der Waals surface area (Å²) in [4.78, 5) is 0. The van der Waals surface area contributed by atoms with E-state index in [1.54, 1.807) is 18.2 Å². The minimum atomic E-state index is -0.373. The fraction of sp³-hybridized carbons (Fsp3) is 0.333. The summed E-state index contributed by atoms with van der Waals surface area (Å²) in [7, 11) is 0. The first kappa shape index (κ1) is 14.1. The maximum Gasteiger partial charge on any atom is 0.137 e. The summed E-state index contributed by atoms with van der Waals surface area (Å²) >= 11 is 5.74. The number of rotatable bonds is 5. The van der Waals surface area contributed by atoms with Gasteiger partial charge in [-0.15, -0.1) is 0 Å². The summed E-state index contributed by atoms with van der Waals surface area (Å²) in [5.74, 6) is 0.953. The third kappa shape index (κ3) is 3.37. The van der Waals surface area contributed by atoms with Gasteiger partial charge in [0.15, 0.2) is 0 Å². The Balaban J connectivity index is 2.20. The molecule has 0 saturated carbocycles. The zero-order valence-electron chi connectivity index (χ0n) is 11.0. The molecular formula is C15H17ClFNO. The van der Waals surface area contributed by atoms with Crippen LogP contribution in [0.2, 0.25) is 5.02 Å². The Bertz CT molecular complexity index is 553. The summed E-state index contributed by atoms with van der Waals surface area (Å²) in [5, 5.41) is 3.71. The molecule has 0 spiro atoms. The predicted octanol–water partition coefficient (Wildman–Crippen LogP) is 4.80. The molecule has 0 bridgehead atoms. The highest BCUT2D eigenvalue weighted by Crippen LogP contribution is 2.28. The van der Waals surface area contributed by atoms with E-state index in [9.17, 15) is 4.39 Å². The van der Waals surface area contributed by atoms with Gasteiger partial charge in [0.1, 0.15) is 17.3 Å². The van der Waals surface area contributed by atoms with E-state index in [1.807, 2.05) is 13.0 Å². The standard InChI is InChI=1S/C15H17ClFNO/c1-3-8-18-10(2)14-6-7-15(19-14)12-5-4-11(16)9-13(12)17/h4-7,9-10,18H,3,8H2,1-2H3. The van der Waals surface area contributed by atoms with Crippen molar-refractivity contribution < 1.29 is 8.81 Å². The van der Waals surface area contributed by atoms with Crippen molar-refractivity contribution in [3.05, 3.63) is 46.9 Å². The molecule has 0 aliphatic rings. The minimum absolute atomic E-state index is 0.115. The fourth-order valence-corrected chi connectivity index (χ4v) is 2.04. The zero-order chi connectivity index (χ0) is 13.8. The number of furan rings is 1. The van der Waals surface area contributed by atoms with Crippen molar-refractivity contribution in [3.8, 4) is 11.3 Å². The molecule has 0 fully saturated rings.